The lowest BCUT2D eigenvalue weighted by atomic mass is 10.4. The lowest BCUT2D eigenvalue weighted by molar-refractivity contribution is -0.575. The molecule has 0 unspecified atom stereocenters. The average Bonchev–Trinajstić information content (AvgIpc) is 2.83. The molecule has 0 aliphatic heterocycles. The van der Waals surface area contributed by atoms with Crippen molar-refractivity contribution >= 4 is 22.3 Å². The van der Waals surface area contributed by atoms with E-state index in [0.717, 1.165) is 16.7 Å². The first kappa shape index (κ1) is 7.75. The van der Waals surface area contributed by atoms with Gasteiger partial charge in [0.2, 0.25) is 0 Å². The van der Waals surface area contributed by atoms with Gasteiger partial charge in [0.15, 0.2) is 11.0 Å². The zero-order valence-corrected chi connectivity index (χ0v) is 8.20. The number of hydrogen-bond acceptors (Lipinski definition) is 3. The predicted molar refractivity (Wildman–Crippen MR) is 55.8 cm³/mol. The van der Waals surface area contributed by atoms with Gasteiger partial charge in [-0.05, 0) is 24.3 Å². The Kier molecular flexibility index (Phi) is 1.23. The van der Waals surface area contributed by atoms with Crippen molar-refractivity contribution < 1.29 is 4.52 Å². The minimum Gasteiger partial charge on any atom is -0.221 e. The van der Waals surface area contributed by atoms with E-state index in [1.165, 1.54) is 0 Å². The standard InChI is InChI=1S/C10H7N6/c1-3-7-10(12-6-1)15-8-4-2-5-11-9(8)14-16(15)13-7/h1-6H,(H,11,13,14)/q+1. The average molecular weight is 211 g/mol. The molecule has 4 aromatic rings. The predicted octanol–water partition coefficient (Wildman–Crippen LogP) is 0.344. The van der Waals surface area contributed by atoms with Crippen molar-refractivity contribution in [1.82, 2.24) is 24.9 Å². The maximum absolute atomic E-state index is 4.33. The second kappa shape index (κ2) is 2.54. The molecular formula is C10H7N6+. The molecule has 0 aliphatic carbocycles. The van der Waals surface area contributed by atoms with E-state index < -0.39 is 0 Å². The minimum atomic E-state index is 0.700. The Hall–Kier alpha value is -2.50. The molecule has 0 saturated carbocycles. The molecule has 0 fully saturated rings. The lowest BCUT2D eigenvalue weighted by Crippen LogP contribution is -2.27. The van der Waals surface area contributed by atoms with Gasteiger partial charge in [-0.15, -0.1) is 9.50 Å². The Morgan fingerprint density at radius 1 is 1.12 bits per heavy atom. The molecule has 1 N–H and O–H groups in total. The zero-order chi connectivity index (χ0) is 10.5. The van der Waals surface area contributed by atoms with Gasteiger partial charge >= 0.3 is 0 Å². The van der Waals surface area contributed by atoms with Gasteiger partial charge in [0.1, 0.15) is 0 Å². The summed E-state index contributed by atoms with van der Waals surface area (Å²) in [5.41, 5.74) is 3.43. The summed E-state index contributed by atoms with van der Waals surface area (Å²) >= 11 is 0. The Morgan fingerprint density at radius 3 is 3.00 bits per heavy atom. The van der Waals surface area contributed by atoms with E-state index >= 15 is 0 Å². The third kappa shape index (κ3) is 0.813. The van der Waals surface area contributed by atoms with Gasteiger partial charge in [-0.25, -0.2) is 4.98 Å². The van der Waals surface area contributed by atoms with Crippen molar-refractivity contribution in [1.29, 1.82) is 0 Å². The second-order valence-corrected chi connectivity index (χ2v) is 3.53. The highest BCUT2D eigenvalue weighted by atomic mass is 15.6. The van der Waals surface area contributed by atoms with Crippen LogP contribution in [0.15, 0.2) is 36.7 Å². The smallest absolute Gasteiger partial charge is 0.221 e. The molecule has 76 valence electrons. The number of nitrogens with zero attached hydrogens (tertiary/aromatic N) is 5. The fourth-order valence-electron chi connectivity index (χ4n) is 1.91. The number of H-pyrrole nitrogens is 1. The number of nitrogens with one attached hydrogen (secondary N) is 1. The van der Waals surface area contributed by atoms with Crippen LogP contribution in [0, 0.1) is 0 Å². The molecule has 0 spiro atoms. The molecule has 4 rings (SSSR count). The molecule has 0 saturated heterocycles. The van der Waals surface area contributed by atoms with Gasteiger partial charge in [-0.2, -0.15) is 5.10 Å². The summed E-state index contributed by atoms with van der Waals surface area (Å²) in [5.74, 6) is 0. The monoisotopic (exact) mass is 211 g/mol. The molecule has 0 atom stereocenters. The normalized spacial score (nSPS) is 11.8. The highest BCUT2D eigenvalue weighted by molar-refractivity contribution is 5.70. The number of fused-ring (bicyclic) bond motifs is 5. The molecule has 0 aromatic carbocycles. The summed E-state index contributed by atoms with van der Waals surface area (Å²) in [6, 6.07) is 7.71. The Balaban J connectivity index is 2.38. The maximum atomic E-state index is 4.33. The molecule has 4 heterocycles. The fourth-order valence-corrected chi connectivity index (χ4v) is 1.91. The van der Waals surface area contributed by atoms with E-state index in [9.17, 15) is 0 Å². The van der Waals surface area contributed by atoms with Crippen LogP contribution in [0.4, 0.5) is 0 Å². The van der Waals surface area contributed by atoms with Crippen LogP contribution < -0.4 is 4.52 Å². The van der Waals surface area contributed by atoms with E-state index in [4.69, 9.17) is 0 Å². The highest BCUT2D eigenvalue weighted by Crippen LogP contribution is 2.07. The van der Waals surface area contributed by atoms with E-state index in [-0.39, 0.29) is 0 Å². The number of rotatable bonds is 0. The van der Waals surface area contributed by atoms with Crippen molar-refractivity contribution in [3.63, 3.8) is 0 Å². The molecule has 4 aromatic heterocycles. The van der Waals surface area contributed by atoms with Gasteiger partial charge in [-0.1, -0.05) is 0 Å². The summed E-state index contributed by atoms with van der Waals surface area (Å²) < 4.78 is 3.55. The largest absolute Gasteiger partial charge is 0.291 e. The maximum Gasteiger partial charge on any atom is 0.291 e. The summed E-state index contributed by atoms with van der Waals surface area (Å²) in [6.07, 6.45) is 3.49. The van der Waals surface area contributed by atoms with Gasteiger partial charge < -0.3 is 0 Å². The van der Waals surface area contributed by atoms with Gasteiger partial charge in [0.05, 0.1) is 6.20 Å². The first-order chi connectivity index (χ1) is 7.93. The SMILES string of the molecule is c1cnc2c(c1)[nH]n1nc3ncccc3[n+]21. The van der Waals surface area contributed by atoms with E-state index in [1.807, 2.05) is 28.8 Å². The topological polar surface area (TPSA) is 63.0 Å². The first-order valence-electron chi connectivity index (χ1n) is 4.92. The molecule has 0 radical (unpaired) electrons. The van der Waals surface area contributed by atoms with Crippen LogP contribution in [0.5, 0.6) is 0 Å². The van der Waals surface area contributed by atoms with Crippen LogP contribution in [0.3, 0.4) is 0 Å². The number of pyridine rings is 2. The Morgan fingerprint density at radius 2 is 2.00 bits per heavy atom. The molecule has 0 bridgehead atoms. The quantitative estimate of drug-likeness (QED) is 0.427. The van der Waals surface area contributed by atoms with E-state index in [1.54, 1.807) is 17.1 Å². The van der Waals surface area contributed by atoms with Crippen molar-refractivity contribution in [2.45, 2.75) is 0 Å². The number of aromatic nitrogens is 6. The van der Waals surface area contributed by atoms with E-state index in [2.05, 4.69) is 20.2 Å². The zero-order valence-electron chi connectivity index (χ0n) is 8.20. The summed E-state index contributed by atoms with van der Waals surface area (Å²) in [6.45, 7) is 0. The summed E-state index contributed by atoms with van der Waals surface area (Å²) in [5, 5.41) is 7.46. The van der Waals surface area contributed by atoms with Gasteiger partial charge in [0.25, 0.3) is 11.3 Å². The number of hydrogen-bond donors (Lipinski definition) is 1. The summed E-state index contributed by atoms with van der Waals surface area (Å²) in [4.78, 5) is 8.53. The molecule has 6 heteroatoms. The second-order valence-electron chi connectivity index (χ2n) is 3.53. The van der Waals surface area contributed by atoms with Crippen molar-refractivity contribution in [2.75, 3.05) is 0 Å². The molecule has 0 amide bonds. The lowest BCUT2D eigenvalue weighted by Gasteiger charge is -1.83. The Labute approximate surface area is 89.1 Å². The van der Waals surface area contributed by atoms with Crippen LogP contribution in [0.25, 0.3) is 22.3 Å². The third-order valence-corrected chi connectivity index (χ3v) is 2.58. The van der Waals surface area contributed by atoms with Gasteiger partial charge in [-0.3, -0.25) is 0 Å². The van der Waals surface area contributed by atoms with E-state index in [0.29, 0.717) is 5.65 Å². The molecule has 0 aliphatic rings. The van der Waals surface area contributed by atoms with Crippen LogP contribution in [0.2, 0.25) is 0 Å². The third-order valence-electron chi connectivity index (χ3n) is 2.58. The van der Waals surface area contributed by atoms with Crippen LogP contribution in [-0.4, -0.2) is 24.9 Å². The molecular weight excluding hydrogens is 204 g/mol. The highest BCUT2D eigenvalue weighted by Gasteiger charge is 2.17. The van der Waals surface area contributed by atoms with Crippen molar-refractivity contribution in [3.05, 3.63) is 36.7 Å². The van der Waals surface area contributed by atoms with Crippen LogP contribution >= 0.6 is 0 Å². The first-order valence-corrected chi connectivity index (χ1v) is 4.92. The van der Waals surface area contributed by atoms with Gasteiger partial charge in [0, 0.05) is 16.0 Å². The molecule has 16 heavy (non-hydrogen) atoms. The number of aromatic amines is 1. The van der Waals surface area contributed by atoms with Crippen molar-refractivity contribution in [3.8, 4) is 0 Å². The Bertz CT molecular complexity index is 746. The van der Waals surface area contributed by atoms with Crippen LogP contribution in [-0.2, 0) is 0 Å². The fraction of sp³-hybridized carbons (Fsp3) is 0. The molecule has 6 nitrogen and oxygen atoms in total. The summed E-state index contributed by atoms with van der Waals surface area (Å²) in [7, 11) is 0. The minimum absolute atomic E-state index is 0.700. The van der Waals surface area contributed by atoms with Crippen LogP contribution in [0.1, 0.15) is 0 Å². The van der Waals surface area contributed by atoms with Crippen molar-refractivity contribution in [2.24, 2.45) is 0 Å².